The van der Waals surface area contributed by atoms with Gasteiger partial charge in [0.1, 0.15) is 11.6 Å². The molecule has 2 aromatic rings. The van der Waals surface area contributed by atoms with Gasteiger partial charge >= 0.3 is 0 Å². The van der Waals surface area contributed by atoms with Crippen molar-refractivity contribution in [2.75, 3.05) is 46.9 Å². The van der Waals surface area contributed by atoms with Gasteiger partial charge in [0.05, 0.1) is 13.2 Å². The maximum absolute atomic E-state index is 13.3. The van der Waals surface area contributed by atoms with E-state index in [2.05, 4.69) is 23.9 Å². The Morgan fingerprint density at radius 2 is 1.34 bits per heavy atom. The van der Waals surface area contributed by atoms with Gasteiger partial charge in [-0.3, -0.25) is 0 Å². The zero-order valence-electron chi connectivity index (χ0n) is 17.2. The van der Waals surface area contributed by atoms with Crippen molar-refractivity contribution < 1.29 is 18.3 Å². The van der Waals surface area contributed by atoms with Gasteiger partial charge in [0.2, 0.25) is 0 Å². The Balaban J connectivity index is 1.42. The van der Waals surface area contributed by atoms with E-state index in [0.29, 0.717) is 13.2 Å². The van der Waals surface area contributed by atoms with Crippen LogP contribution in [0.25, 0.3) is 0 Å². The van der Waals surface area contributed by atoms with Crippen LogP contribution >= 0.6 is 0 Å². The molecule has 1 fully saturated rings. The summed E-state index contributed by atoms with van der Waals surface area (Å²) in [5, 5.41) is 0. The molecule has 2 aromatic carbocycles. The van der Waals surface area contributed by atoms with Crippen molar-refractivity contribution in [3.05, 3.63) is 71.3 Å². The maximum atomic E-state index is 13.3. The highest BCUT2D eigenvalue weighted by molar-refractivity contribution is 5.22. The van der Waals surface area contributed by atoms with Crippen LogP contribution in [-0.2, 0) is 21.8 Å². The fraction of sp³-hybridized carbons (Fsp3) is 0.478. The second kappa shape index (κ2) is 10.3. The van der Waals surface area contributed by atoms with Crippen molar-refractivity contribution in [2.45, 2.75) is 25.2 Å². The standard InChI is InChI=1S/C23H30F2N2O2/c1-26(14-15-27(2)18-19-4-8-21(24)9-5-19)13-3-12-23(28-16-17-29-23)20-6-10-22(25)11-7-20/h4-11H,3,12-18H2,1-2H3. The second-order valence-corrected chi connectivity index (χ2v) is 7.73. The molecular formula is C23H30F2N2O2. The summed E-state index contributed by atoms with van der Waals surface area (Å²) in [6, 6.07) is 13.0. The van der Waals surface area contributed by atoms with Gasteiger partial charge in [-0.15, -0.1) is 0 Å². The summed E-state index contributed by atoms with van der Waals surface area (Å²) >= 11 is 0. The van der Waals surface area contributed by atoms with E-state index in [9.17, 15) is 8.78 Å². The van der Waals surface area contributed by atoms with Crippen LogP contribution < -0.4 is 0 Å². The van der Waals surface area contributed by atoms with Crippen LogP contribution in [-0.4, -0.2) is 56.7 Å². The van der Waals surface area contributed by atoms with E-state index in [-0.39, 0.29) is 11.6 Å². The monoisotopic (exact) mass is 404 g/mol. The molecule has 0 atom stereocenters. The third-order valence-corrected chi connectivity index (χ3v) is 5.31. The number of halogens is 2. The summed E-state index contributed by atoms with van der Waals surface area (Å²) in [7, 11) is 4.17. The third-order valence-electron chi connectivity index (χ3n) is 5.31. The van der Waals surface area contributed by atoms with Crippen molar-refractivity contribution in [1.82, 2.24) is 9.80 Å². The molecule has 1 aliphatic heterocycles. The lowest BCUT2D eigenvalue weighted by atomic mass is 10.0. The first-order valence-electron chi connectivity index (χ1n) is 10.1. The van der Waals surface area contributed by atoms with E-state index < -0.39 is 5.79 Å². The predicted octanol–water partition coefficient (Wildman–Crippen LogP) is 4.01. The van der Waals surface area contributed by atoms with Crippen LogP contribution in [0, 0.1) is 11.6 Å². The molecule has 0 amide bonds. The average molecular weight is 405 g/mol. The number of nitrogens with zero attached hydrogens (tertiary/aromatic N) is 2. The summed E-state index contributed by atoms with van der Waals surface area (Å²) in [4.78, 5) is 4.52. The number of benzene rings is 2. The minimum Gasteiger partial charge on any atom is -0.343 e. The van der Waals surface area contributed by atoms with Crippen molar-refractivity contribution in [3.8, 4) is 0 Å². The molecule has 158 valence electrons. The van der Waals surface area contributed by atoms with E-state index in [0.717, 1.165) is 50.1 Å². The quantitative estimate of drug-likeness (QED) is 0.597. The molecule has 4 nitrogen and oxygen atoms in total. The Labute approximate surface area is 172 Å². The van der Waals surface area contributed by atoms with Crippen LogP contribution in [0.4, 0.5) is 8.78 Å². The van der Waals surface area contributed by atoms with Crippen molar-refractivity contribution in [2.24, 2.45) is 0 Å². The number of ether oxygens (including phenoxy) is 2. The lowest BCUT2D eigenvalue weighted by molar-refractivity contribution is -0.172. The molecule has 6 heteroatoms. The third kappa shape index (κ3) is 6.31. The van der Waals surface area contributed by atoms with Crippen LogP contribution in [0.5, 0.6) is 0 Å². The summed E-state index contributed by atoms with van der Waals surface area (Å²) in [5.74, 6) is -1.22. The molecule has 29 heavy (non-hydrogen) atoms. The molecule has 3 rings (SSSR count). The summed E-state index contributed by atoms with van der Waals surface area (Å²) in [6.07, 6.45) is 1.64. The predicted molar refractivity (Wildman–Crippen MR) is 109 cm³/mol. The van der Waals surface area contributed by atoms with Gasteiger partial charge in [0, 0.05) is 31.6 Å². The van der Waals surface area contributed by atoms with E-state index in [1.165, 1.54) is 24.3 Å². The molecule has 1 saturated heterocycles. The largest absolute Gasteiger partial charge is 0.343 e. The first-order chi connectivity index (χ1) is 14.0. The Morgan fingerprint density at radius 1 is 0.793 bits per heavy atom. The van der Waals surface area contributed by atoms with E-state index in [4.69, 9.17) is 9.47 Å². The van der Waals surface area contributed by atoms with Crippen LogP contribution in [0.3, 0.4) is 0 Å². The summed E-state index contributed by atoms with van der Waals surface area (Å²) < 4.78 is 38.1. The van der Waals surface area contributed by atoms with Crippen LogP contribution in [0.1, 0.15) is 24.0 Å². The molecule has 0 bridgehead atoms. The molecule has 1 heterocycles. The van der Waals surface area contributed by atoms with Gasteiger partial charge in [0.25, 0.3) is 0 Å². The van der Waals surface area contributed by atoms with Crippen LogP contribution in [0.15, 0.2) is 48.5 Å². The first kappa shape index (κ1) is 21.8. The highest BCUT2D eigenvalue weighted by Gasteiger charge is 2.38. The Hall–Kier alpha value is -1.86. The van der Waals surface area contributed by atoms with Gasteiger partial charge in [-0.2, -0.15) is 0 Å². The molecule has 0 saturated carbocycles. The van der Waals surface area contributed by atoms with Gasteiger partial charge in [-0.1, -0.05) is 24.3 Å². The number of likely N-dealkylation sites (N-methyl/N-ethyl adjacent to an activating group) is 2. The molecule has 0 aliphatic carbocycles. The Kier molecular flexibility index (Phi) is 7.72. The molecule has 0 unspecified atom stereocenters. The van der Waals surface area contributed by atoms with E-state index in [1.54, 1.807) is 12.1 Å². The molecule has 1 aliphatic rings. The second-order valence-electron chi connectivity index (χ2n) is 7.73. The minimum atomic E-state index is -0.756. The van der Waals surface area contributed by atoms with Gasteiger partial charge < -0.3 is 19.3 Å². The maximum Gasteiger partial charge on any atom is 0.195 e. The zero-order valence-corrected chi connectivity index (χ0v) is 17.2. The lowest BCUT2D eigenvalue weighted by Gasteiger charge is -2.29. The molecule has 0 aromatic heterocycles. The van der Waals surface area contributed by atoms with Crippen molar-refractivity contribution >= 4 is 0 Å². The summed E-state index contributed by atoms with van der Waals surface area (Å²) in [5.41, 5.74) is 1.98. The molecular weight excluding hydrogens is 374 g/mol. The lowest BCUT2D eigenvalue weighted by Crippen LogP contribution is -2.33. The van der Waals surface area contributed by atoms with E-state index in [1.807, 2.05) is 12.1 Å². The zero-order chi connectivity index (χ0) is 20.7. The fourth-order valence-electron chi connectivity index (χ4n) is 3.63. The highest BCUT2D eigenvalue weighted by Crippen LogP contribution is 2.36. The molecule has 0 N–H and O–H groups in total. The average Bonchev–Trinajstić information content (AvgIpc) is 3.19. The molecule has 0 radical (unpaired) electrons. The van der Waals surface area contributed by atoms with Crippen molar-refractivity contribution in [1.29, 1.82) is 0 Å². The van der Waals surface area contributed by atoms with Crippen LogP contribution in [0.2, 0.25) is 0 Å². The summed E-state index contributed by atoms with van der Waals surface area (Å²) in [6.45, 7) is 4.68. The minimum absolute atomic E-state index is 0.204. The van der Waals surface area contributed by atoms with Gasteiger partial charge in [-0.25, -0.2) is 8.78 Å². The first-order valence-corrected chi connectivity index (χ1v) is 10.1. The van der Waals surface area contributed by atoms with Crippen molar-refractivity contribution in [3.63, 3.8) is 0 Å². The number of hydrogen-bond acceptors (Lipinski definition) is 4. The van der Waals surface area contributed by atoms with E-state index >= 15 is 0 Å². The SMILES string of the molecule is CN(CCCC1(c2ccc(F)cc2)OCCO1)CCN(C)Cc1ccc(F)cc1. The Bertz CT molecular complexity index is 746. The smallest absolute Gasteiger partial charge is 0.195 e. The highest BCUT2D eigenvalue weighted by atomic mass is 19.1. The van der Waals surface area contributed by atoms with Gasteiger partial charge in [0.15, 0.2) is 5.79 Å². The number of hydrogen-bond donors (Lipinski definition) is 0. The fourth-order valence-corrected chi connectivity index (χ4v) is 3.63. The number of rotatable bonds is 10. The van der Waals surface area contributed by atoms with Gasteiger partial charge in [-0.05, 0) is 56.9 Å². The normalized spacial score (nSPS) is 16.1. The topological polar surface area (TPSA) is 24.9 Å². The molecule has 0 spiro atoms. The Morgan fingerprint density at radius 3 is 1.97 bits per heavy atom.